The second-order valence-corrected chi connectivity index (χ2v) is 5.50. The molecule has 0 N–H and O–H groups in total. The Kier molecular flexibility index (Phi) is 9.01. The van der Waals surface area contributed by atoms with Crippen LogP contribution in [-0.2, 0) is 0 Å². The first-order chi connectivity index (χ1) is 4.85. The molecular formula is C7H15S3. The summed E-state index contributed by atoms with van der Waals surface area (Å²) in [4.78, 5) is 0. The van der Waals surface area contributed by atoms with Gasteiger partial charge in [-0.05, 0) is 17.9 Å². The normalized spacial score (nSPS) is 10.8. The van der Waals surface area contributed by atoms with Crippen LogP contribution in [0.4, 0.5) is 0 Å². The Hall–Kier alpha value is 1.05. The number of thioether (sulfide) groups is 2. The largest absolute Gasteiger partial charge is 0.148 e. The molecule has 0 aromatic rings. The summed E-state index contributed by atoms with van der Waals surface area (Å²) < 4.78 is 0.757. The zero-order valence-corrected chi connectivity index (χ0v) is 9.08. The van der Waals surface area contributed by atoms with Gasteiger partial charge in [-0.25, -0.2) is 0 Å². The Morgan fingerprint density at radius 1 is 1.20 bits per heavy atom. The highest BCUT2D eigenvalue weighted by molar-refractivity contribution is 8.17. The smallest absolute Gasteiger partial charge is 0.0510 e. The summed E-state index contributed by atoms with van der Waals surface area (Å²) in [6.45, 7) is 4.41. The third-order valence-corrected chi connectivity index (χ3v) is 3.99. The molecule has 0 unspecified atom stereocenters. The van der Waals surface area contributed by atoms with Crippen LogP contribution in [-0.4, -0.2) is 21.8 Å². The first-order valence-electron chi connectivity index (χ1n) is 3.66. The minimum absolute atomic E-state index is 0.757. The van der Waals surface area contributed by atoms with Gasteiger partial charge in [-0.3, -0.25) is 0 Å². The standard InChI is InChI=1S/C7H15S3/c1-3-9-7(5-6-8)10-4-2/h7H,3-6H2,1-2H3. The van der Waals surface area contributed by atoms with E-state index in [1.807, 2.05) is 23.5 Å². The number of hydrogen-bond donors (Lipinski definition) is 0. The van der Waals surface area contributed by atoms with Crippen molar-refractivity contribution >= 4 is 36.2 Å². The van der Waals surface area contributed by atoms with Gasteiger partial charge in [-0.1, -0.05) is 26.5 Å². The molecular weight excluding hydrogens is 180 g/mol. The van der Waals surface area contributed by atoms with Crippen molar-refractivity contribution in [2.45, 2.75) is 24.9 Å². The lowest BCUT2D eigenvalue weighted by atomic mass is 10.6. The summed E-state index contributed by atoms with van der Waals surface area (Å²) in [6.07, 6.45) is 1.19. The molecule has 0 aromatic carbocycles. The van der Waals surface area contributed by atoms with Crippen LogP contribution in [0, 0.1) is 0 Å². The van der Waals surface area contributed by atoms with Gasteiger partial charge in [0.1, 0.15) is 0 Å². The van der Waals surface area contributed by atoms with E-state index < -0.39 is 0 Å². The van der Waals surface area contributed by atoms with Gasteiger partial charge in [0.05, 0.1) is 4.58 Å². The summed E-state index contributed by atoms with van der Waals surface area (Å²) in [5.41, 5.74) is 0. The molecule has 0 atom stereocenters. The molecule has 0 spiro atoms. The van der Waals surface area contributed by atoms with Crippen LogP contribution in [0.25, 0.3) is 0 Å². The van der Waals surface area contributed by atoms with E-state index in [4.69, 9.17) is 12.6 Å². The molecule has 0 heterocycles. The van der Waals surface area contributed by atoms with E-state index in [0.717, 1.165) is 10.3 Å². The van der Waals surface area contributed by atoms with Gasteiger partial charge in [-0.2, -0.15) is 0 Å². The van der Waals surface area contributed by atoms with Crippen molar-refractivity contribution in [2.24, 2.45) is 0 Å². The molecule has 0 aliphatic rings. The van der Waals surface area contributed by atoms with Crippen LogP contribution in [0.1, 0.15) is 20.3 Å². The van der Waals surface area contributed by atoms with Crippen molar-refractivity contribution < 1.29 is 0 Å². The Morgan fingerprint density at radius 2 is 1.70 bits per heavy atom. The summed E-state index contributed by atoms with van der Waals surface area (Å²) in [5, 5.41) is 0. The van der Waals surface area contributed by atoms with Gasteiger partial charge in [0, 0.05) is 5.75 Å². The van der Waals surface area contributed by atoms with Crippen molar-refractivity contribution in [1.29, 1.82) is 0 Å². The fraction of sp³-hybridized carbons (Fsp3) is 1.00. The molecule has 0 fully saturated rings. The molecule has 0 bridgehead atoms. The molecule has 0 saturated carbocycles. The number of rotatable bonds is 6. The molecule has 10 heavy (non-hydrogen) atoms. The second kappa shape index (κ2) is 8.15. The summed E-state index contributed by atoms with van der Waals surface area (Å²) in [5.74, 6) is 3.34. The molecule has 0 aliphatic carbocycles. The second-order valence-electron chi connectivity index (χ2n) is 1.83. The molecule has 0 aliphatic heterocycles. The van der Waals surface area contributed by atoms with Crippen molar-refractivity contribution in [3.63, 3.8) is 0 Å². The maximum atomic E-state index is 4.93. The Balaban J connectivity index is 3.30. The van der Waals surface area contributed by atoms with Crippen LogP contribution < -0.4 is 0 Å². The van der Waals surface area contributed by atoms with Gasteiger partial charge in [0.2, 0.25) is 0 Å². The lowest BCUT2D eigenvalue weighted by molar-refractivity contribution is 1.07. The van der Waals surface area contributed by atoms with Crippen LogP contribution in [0.15, 0.2) is 0 Å². The highest BCUT2D eigenvalue weighted by Crippen LogP contribution is 2.26. The molecule has 1 radical (unpaired) electrons. The maximum absolute atomic E-state index is 4.93. The number of hydrogen-bond acceptors (Lipinski definition) is 2. The van der Waals surface area contributed by atoms with Crippen LogP contribution >= 0.6 is 36.2 Å². The first-order valence-corrected chi connectivity index (χ1v) is 6.33. The maximum Gasteiger partial charge on any atom is 0.0510 e. The fourth-order valence-corrected chi connectivity index (χ4v) is 3.73. The Morgan fingerprint density at radius 3 is 2.00 bits per heavy atom. The van der Waals surface area contributed by atoms with E-state index in [1.165, 1.54) is 17.9 Å². The van der Waals surface area contributed by atoms with Crippen LogP contribution in [0.2, 0.25) is 0 Å². The van der Waals surface area contributed by atoms with Crippen molar-refractivity contribution in [3.05, 3.63) is 0 Å². The summed E-state index contributed by atoms with van der Waals surface area (Å²) in [7, 11) is 0. The van der Waals surface area contributed by atoms with Gasteiger partial charge in [-0.15, -0.1) is 23.5 Å². The predicted molar refractivity (Wildman–Crippen MR) is 57.1 cm³/mol. The van der Waals surface area contributed by atoms with Gasteiger partial charge < -0.3 is 0 Å². The van der Waals surface area contributed by atoms with E-state index in [1.54, 1.807) is 0 Å². The van der Waals surface area contributed by atoms with Crippen molar-refractivity contribution in [2.75, 3.05) is 17.3 Å². The lowest BCUT2D eigenvalue weighted by Gasteiger charge is -2.11. The highest BCUT2D eigenvalue weighted by atomic mass is 32.2. The van der Waals surface area contributed by atoms with E-state index in [0.29, 0.717) is 0 Å². The van der Waals surface area contributed by atoms with Crippen LogP contribution in [0.5, 0.6) is 0 Å². The van der Waals surface area contributed by atoms with Crippen molar-refractivity contribution in [3.8, 4) is 0 Å². The fourth-order valence-electron chi connectivity index (χ4n) is 0.683. The van der Waals surface area contributed by atoms with E-state index in [9.17, 15) is 0 Å². The summed E-state index contributed by atoms with van der Waals surface area (Å²) >= 11 is 8.97. The topological polar surface area (TPSA) is 0 Å². The SMILES string of the molecule is CCSC(CC[S])SCC. The minimum Gasteiger partial charge on any atom is -0.148 e. The molecule has 0 saturated heterocycles. The molecule has 0 rings (SSSR count). The van der Waals surface area contributed by atoms with Crippen molar-refractivity contribution in [1.82, 2.24) is 0 Å². The first kappa shape index (κ1) is 11.1. The van der Waals surface area contributed by atoms with E-state index in [-0.39, 0.29) is 0 Å². The molecule has 61 valence electrons. The van der Waals surface area contributed by atoms with Crippen LogP contribution in [0.3, 0.4) is 0 Å². The highest BCUT2D eigenvalue weighted by Gasteiger charge is 2.05. The molecule has 0 amide bonds. The quantitative estimate of drug-likeness (QED) is 0.596. The monoisotopic (exact) mass is 195 g/mol. The van der Waals surface area contributed by atoms with Gasteiger partial charge in [0.25, 0.3) is 0 Å². The average Bonchev–Trinajstić information content (AvgIpc) is 1.90. The molecule has 0 aromatic heterocycles. The average molecular weight is 195 g/mol. The predicted octanol–water partition coefficient (Wildman–Crippen LogP) is 3.41. The zero-order chi connectivity index (χ0) is 7.82. The van der Waals surface area contributed by atoms with E-state index in [2.05, 4.69) is 13.8 Å². The lowest BCUT2D eigenvalue weighted by Crippen LogP contribution is -1.98. The zero-order valence-electron chi connectivity index (χ0n) is 6.63. The van der Waals surface area contributed by atoms with E-state index >= 15 is 0 Å². The third-order valence-electron chi connectivity index (χ3n) is 1.06. The van der Waals surface area contributed by atoms with Gasteiger partial charge >= 0.3 is 0 Å². The Bertz CT molecular complexity index is 51.6. The molecule has 3 heteroatoms. The van der Waals surface area contributed by atoms with Gasteiger partial charge in [0.15, 0.2) is 0 Å². The summed E-state index contributed by atoms with van der Waals surface area (Å²) in [6, 6.07) is 0. The Labute approximate surface area is 78.3 Å². The third kappa shape index (κ3) is 5.81. The minimum atomic E-state index is 0.757. The molecule has 0 nitrogen and oxygen atoms in total.